The van der Waals surface area contributed by atoms with Gasteiger partial charge in [-0.25, -0.2) is 19.5 Å². The Kier molecular flexibility index (Phi) is 3.24. The van der Waals surface area contributed by atoms with Gasteiger partial charge in [0.15, 0.2) is 25.5 Å². The van der Waals surface area contributed by atoms with Crippen molar-refractivity contribution < 1.29 is 28.3 Å². The number of hydrogen-bond donors (Lipinski definition) is 3. The van der Waals surface area contributed by atoms with E-state index in [0.717, 1.165) is 0 Å². The van der Waals surface area contributed by atoms with Crippen molar-refractivity contribution in [1.29, 1.82) is 0 Å². The number of phosphoric ester groups is 1. The van der Waals surface area contributed by atoms with Crippen molar-refractivity contribution in [2.24, 2.45) is 0 Å². The van der Waals surface area contributed by atoms with Crippen LogP contribution >= 0.6 is 7.82 Å². The molecule has 0 spiro atoms. The maximum atomic E-state index is 11.5. The predicted octanol–water partition coefficient (Wildman–Crippen LogP) is -2.56. The van der Waals surface area contributed by atoms with E-state index < -0.39 is 32.4 Å². The van der Waals surface area contributed by atoms with Gasteiger partial charge in [-0.05, 0) is 0 Å². The topological polar surface area (TPSA) is 155 Å². The van der Waals surface area contributed by atoms with E-state index in [4.69, 9.17) is 19.5 Å². The Balaban J connectivity index is 1.76. The standard InChI is InChI=1S/C10H13BN5O6P/c11-10-15-4-7(12)13-2-14-8(4)16(10)9-5(17)6-3(21-9)1-20-23(18,19)22-6/h2-3,5-6,9,17H,1,11H2,(H,18,19)(H2,12,13,14). The molecule has 5 atom stereocenters. The molecule has 0 aliphatic carbocycles. The zero-order valence-electron chi connectivity index (χ0n) is 11.9. The largest absolute Gasteiger partial charge is 0.472 e. The average molecular weight is 341 g/mol. The second-order valence-corrected chi connectivity index (χ2v) is 6.76. The molecular weight excluding hydrogens is 328 g/mol. The number of imidazole rings is 1. The summed E-state index contributed by atoms with van der Waals surface area (Å²) >= 11 is 0. The third kappa shape index (κ3) is 2.26. The monoisotopic (exact) mass is 341 g/mol. The van der Waals surface area contributed by atoms with Gasteiger partial charge in [0.1, 0.15) is 30.2 Å². The molecule has 0 radical (unpaired) electrons. The number of fused-ring (bicyclic) bond motifs is 2. The summed E-state index contributed by atoms with van der Waals surface area (Å²) in [6.45, 7) is -0.158. The van der Waals surface area contributed by atoms with Crippen LogP contribution in [0.1, 0.15) is 6.23 Å². The first kappa shape index (κ1) is 15.0. The van der Waals surface area contributed by atoms with E-state index >= 15 is 0 Å². The average Bonchev–Trinajstić information content (AvgIpc) is 2.97. The van der Waals surface area contributed by atoms with Gasteiger partial charge in [-0.3, -0.25) is 13.6 Å². The van der Waals surface area contributed by atoms with Crippen LogP contribution in [-0.4, -0.2) is 62.3 Å². The fourth-order valence-electron chi connectivity index (χ4n) is 2.89. The molecule has 4 rings (SSSR count). The molecule has 0 aromatic carbocycles. The highest BCUT2D eigenvalue weighted by Crippen LogP contribution is 2.52. The summed E-state index contributed by atoms with van der Waals surface area (Å²) in [5, 5.41) is 10.5. The molecule has 2 aliphatic heterocycles. The lowest BCUT2D eigenvalue weighted by atomic mass is 10.1. The normalized spacial score (nSPS) is 37.1. The molecule has 13 heteroatoms. The van der Waals surface area contributed by atoms with E-state index in [1.165, 1.54) is 6.33 Å². The van der Waals surface area contributed by atoms with Crippen LogP contribution in [0.25, 0.3) is 11.2 Å². The molecule has 2 saturated heterocycles. The fourth-order valence-corrected chi connectivity index (χ4v) is 3.85. The molecule has 0 amide bonds. The van der Waals surface area contributed by atoms with Gasteiger partial charge < -0.3 is 20.5 Å². The molecule has 2 fully saturated rings. The van der Waals surface area contributed by atoms with Crippen molar-refractivity contribution in [2.75, 3.05) is 12.3 Å². The van der Waals surface area contributed by atoms with E-state index in [9.17, 15) is 14.6 Å². The first-order valence-corrected chi connectivity index (χ1v) is 8.31. The fraction of sp³-hybridized carbons (Fsp3) is 0.500. The molecule has 4 N–H and O–H groups in total. The van der Waals surface area contributed by atoms with Gasteiger partial charge in [-0.2, -0.15) is 0 Å². The van der Waals surface area contributed by atoms with Gasteiger partial charge in [-0.15, -0.1) is 0 Å². The molecule has 122 valence electrons. The van der Waals surface area contributed by atoms with Gasteiger partial charge in [0.25, 0.3) is 0 Å². The van der Waals surface area contributed by atoms with Crippen LogP contribution in [0.3, 0.4) is 0 Å². The Hall–Kier alpha value is -1.56. The van der Waals surface area contributed by atoms with Crippen LogP contribution in [0.5, 0.6) is 0 Å². The van der Waals surface area contributed by atoms with Crippen molar-refractivity contribution in [1.82, 2.24) is 19.5 Å². The van der Waals surface area contributed by atoms with Gasteiger partial charge in [-0.1, -0.05) is 0 Å². The van der Waals surface area contributed by atoms with Gasteiger partial charge in [0.2, 0.25) is 0 Å². The molecule has 2 aromatic rings. The number of aliphatic hydroxyl groups is 1. The Morgan fingerprint density at radius 1 is 1.48 bits per heavy atom. The van der Waals surface area contributed by atoms with Crippen molar-refractivity contribution in [2.45, 2.75) is 24.5 Å². The van der Waals surface area contributed by atoms with Crippen LogP contribution in [0.15, 0.2) is 6.33 Å². The zero-order valence-corrected chi connectivity index (χ0v) is 12.8. The van der Waals surface area contributed by atoms with Crippen LogP contribution < -0.4 is 11.5 Å². The molecule has 23 heavy (non-hydrogen) atoms. The minimum absolute atomic E-state index is 0.158. The minimum Gasteiger partial charge on any atom is -0.386 e. The van der Waals surface area contributed by atoms with E-state index in [0.29, 0.717) is 16.9 Å². The number of aromatic nitrogens is 4. The van der Waals surface area contributed by atoms with Gasteiger partial charge in [0, 0.05) is 0 Å². The number of rotatable bonds is 1. The summed E-state index contributed by atoms with van der Waals surface area (Å²) in [5.74, 6) is 0.209. The first-order chi connectivity index (χ1) is 10.9. The van der Waals surface area contributed by atoms with E-state index in [1.54, 1.807) is 12.4 Å². The van der Waals surface area contributed by atoms with Crippen molar-refractivity contribution in [3.05, 3.63) is 6.33 Å². The lowest BCUT2D eigenvalue weighted by Crippen LogP contribution is -2.39. The molecule has 0 bridgehead atoms. The highest BCUT2D eigenvalue weighted by Gasteiger charge is 2.52. The minimum atomic E-state index is -4.18. The number of nitrogens with two attached hydrogens (primary N) is 1. The zero-order chi connectivity index (χ0) is 16.4. The summed E-state index contributed by atoms with van der Waals surface area (Å²) in [6.07, 6.45) is -2.48. The summed E-state index contributed by atoms with van der Waals surface area (Å²) in [6, 6.07) is 0. The van der Waals surface area contributed by atoms with E-state index in [2.05, 4.69) is 15.0 Å². The summed E-state index contributed by atoms with van der Waals surface area (Å²) in [4.78, 5) is 21.7. The Morgan fingerprint density at radius 2 is 2.26 bits per heavy atom. The van der Waals surface area contributed by atoms with Crippen molar-refractivity contribution in [3.8, 4) is 0 Å². The Labute approximate surface area is 130 Å². The van der Waals surface area contributed by atoms with Crippen LogP contribution in [0.2, 0.25) is 0 Å². The maximum Gasteiger partial charge on any atom is 0.472 e. The lowest BCUT2D eigenvalue weighted by molar-refractivity contribution is -0.0657. The molecule has 4 heterocycles. The van der Waals surface area contributed by atoms with Crippen LogP contribution in [0.4, 0.5) is 5.82 Å². The predicted molar refractivity (Wildman–Crippen MR) is 78.5 cm³/mol. The highest BCUT2D eigenvalue weighted by molar-refractivity contribution is 7.47. The molecule has 0 saturated carbocycles. The number of nitrogen functional groups attached to an aromatic ring is 1. The summed E-state index contributed by atoms with van der Waals surface area (Å²) < 4.78 is 28.5. The van der Waals surface area contributed by atoms with Crippen molar-refractivity contribution >= 4 is 38.4 Å². The lowest BCUT2D eigenvalue weighted by Gasteiger charge is -2.27. The smallest absolute Gasteiger partial charge is 0.386 e. The first-order valence-electron chi connectivity index (χ1n) is 6.81. The van der Waals surface area contributed by atoms with E-state index in [-0.39, 0.29) is 12.4 Å². The third-order valence-corrected chi connectivity index (χ3v) is 4.89. The summed E-state index contributed by atoms with van der Waals surface area (Å²) in [5.41, 5.74) is 7.07. The van der Waals surface area contributed by atoms with Crippen LogP contribution in [-0.2, 0) is 18.3 Å². The second-order valence-electron chi connectivity index (χ2n) is 5.35. The summed E-state index contributed by atoms with van der Waals surface area (Å²) in [7, 11) is -2.47. The number of phosphoric acid groups is 1. The quantitative estimate of drug-likeness (QED) is 0.373. The Morgan fingerprint density at radius 3 is 3.04 bits per heavy atom. The molecule has 2 aromatic heterocycles. The van der Waals surface area contributed by atoms with Crippen molar-refractivity contribution in [3.63, 3.8) is 0 Å². The van der Waals surface area contributed by atoms with E-state index in [1.807, 2.05) is 0 Å². The molecular formula is C10H13BN5O6P. The number of aliphatic hydroxyl groups excluding tert-OH is 1. The number of nitrogens with zero attached hydrogens (tertiary/aromatic N) is 4. The highest BCUT2D eigenvalue weighted by atomic mass is 31.2. The number of ether oxygens (including phenoxy) is 1. The third-order valence-electron chi connectivity index (χ3n) is 3.90. The van der Waals surface area contributed by atoms with Crippen LogP contribution in [0, 0.1) is 0 Å². The molecule has 5 unspecified atom stereocenters. The molecule has 2 aliphatic rings. The van der Waals surface area contributed by atoms with Gasteiger partial charge in [0.05, 0.1) is 12.3 Å². The SMILES string of the molecule is Bc1nc2c(N)ncnc2n1C1OC2COP(=O)(O)OC2C1O. The maximum absolute atomic E-state index is 11.5. The van der Waals surface area contributed by atoms with Gasteiger partial charge >= 0.3 is 7.82 Å². The molecule has 11 nitrogen and oxygen atoms in total. The Bertz CT molecular complexity index is 831. The second kappa shape index (κ2) is 4.97. The number of anilines is 1. The number of hydrogen-bond acceptors (Lipinski definition) is 9.